The summed E-state index contributed by atoms with van der Waals surface area (Å²) in [4.78, 5) is 22.1. The number of carbonyl (C=O) groups is 2. The summed E-state index contributed by atoms with van der Waals surface area (Å²) in [6.45, 7) is 0. The molecule has 0 saturated carbocycles. The van der Waals surface area contributed by atoms with Crippen molar-refractivity contribution in [1.82, 2.24) is 0 Å². The molecule has 0 fully saturated rings. The third-order valence-corrected chi connectivity index (χ3v) is 2.29. The topological polar surface area (TPSA) is 67.5 Å². The molecular weight excluding hydrogens is 266 g/mol. The lowest BCUT2D eigenvalue weighted by molar-refractivity contribution is -0.579. The highest BCUT2D eigenvalue weighted by Crippen LogP contribution is 2.15. The van der Waals surface area contributed by atoms with E-state index in [1.165, 1.54) is 17.0 Å². The maximum Gasteiger partial charge on any atom is 0.416 e. The molecule has 0 aromatic carbocycles. The maximum atomic E-state index is 11.2. The number of aliphatic hydroxyl groups excluding tert-OH is 1. The number of nitrogens with zero attached hydrogens (tertiary/aromatic N) is 1. The van der Waals surface area contributed by atoms with Crippen LogP contribution in [0.25, 0.3) is 5.70 Å². The van der Waals surface area contributed by atoms with Gasteiger partial charge in [0, 0.05) is 6.07 Å². The second-order valence-corrected chi connectivity index (χ2v) is 3.72. The van der Waals surface area contributed by atoms with Crippen LogP contribution in [0.5, 0.6) is 0 Å². The van der Waals surface area contributed by atoms with Crippen LogP contribution in [0.2, 0.25) is 0 Å². The van der Waals surface area contributed by atoms with E-state index >= 15 is 0 Å². The molecule has 1 aliphatic rings. The summed E-state index contributed by atoms with van der Waals surface area (Å²) in [5.74, 6) is -2.56. The first kappa shape index (κ1) is 9.85. The lowest BCUT2D eigenvalue weighted by atomic mass is 10.3. The fraction of sp³-hybridized carbons (Fsp3) is 0. The molecule has 0 unspecified atom stereocenters. The van der Waals surface area contributed by atoms with Gasteiger partial charge in [-0.3, -0.25) is 0 Å². The molecule has 0 atom stereocenters. The Bertz CT molecular complexity index is 495. The minimum Gasteiger partial charge on any atom is -0.497 e. The molecule has 0 bridgehead atoms. The van der Waals surface area contributed by atoms with Crippen LogP contribution in [-0.4, -0.2) is 17.0 Å². The molecule has 76 valence electrons. The quantitative estimate of drug-likeness (QED) is 0.460. The van der Waals surface area contributed by atoms with Crippen LogP contribution in [-0.2, 0) is 14.3 Å². The van der Waals surface area contributed by atoms with E-state index in [1.54, 1.807) is 12.1 Å². The van der Waals surface area contributed by atoms with Crippen LogP contribution in [0, 0.1) is 0 Å². The predicted molar refractivity (Wildman–Crippen MR) is 51.3 cm³/mol. The van der Waals surface area contributed by atoms with Gasteiger partial charge in [0.2, 0.25) is 0 Å². The van der Waals surface area contributed by atoms with Crippen LogP contribution in [0.4, 0.5) is 0 Å². The fourth-order valence-electron chi connectivity index (χ4n) is 1.19. The van der Waals surface area contributed by atoms with Crippen molar-refractivity contribution >= 4 is 33.6 Å². The lowest BCUT2D eigenvalue weighted by Crippen LogP contribution is -2.35. The minimum atomic E-state index is -1.03. The van der Waals surface area contributed by atoms with Gasteiger partial charge >= 0.3 is 17.6 Å². The van der Waals surface area contributed by atoms with E-state index in [1.807, 2.05) is 0 Å². The second kappa shape index (κ2) is 3.47. The lowest BCUT2D eigenvalue weighted by Gasteiger charge is -1.92. The van der Waals surface area contributed by atoms with Crippen LogP contribution in [0.15, 0.2) is 34.8 Å². The summed E-state index contributed by atoms with van der Waals surface area (Å²) < 4.78 is 6.26. The van der Waals surface area contributed by atoms with Crippen molar-refractivity contribution in [2.45, 2.75) is 0 Å². The summed E-state index contributed by atoms with van der Waals surface area (Å²) in [5.41, 5.74) is -0.179. The Labute approximate surface area is 92.7 Å². The molecule has 0 radical (unpaired) electrons. The summed E-state index contributed by atoms with van der Waals surface area (Å²) in [7, 11) is 0. The van der Waals surface area contributed by atoms with Crippen molar-refractivity contribution < 1.29 is 24.0 Å². The first-order valence-electron chi connectivity index (χ1n) is 3.96. The standard InChI is InChI=1S/C9H4BrNO4/c10-5-2-1-3-11(4-5)6-7(12)9(14)15-8(6)13/h1-4H/p+1. The first-order valence-corrected chi connectivity index (χ1v) is 4.76. The molecule has 6 heteroatoms. The monoisotopic (exact) mass is 270 g/mol. The zero-order valence-electron chi connectivity index (χ0n) is 7.31. The molecule has 1 aliphatic heterocycles. The van der Waals surface area contributed by atoms with Crippen molar-refractivity contribution in [1.29, 1.82) is 0 Å². The molecule has 1 aromatic heterocycles. The van der Waals surface area contributed by atoms with E-state index in [2.05, 4.69) is 20.7 Å². The highest BCUT2D eigenvalue weighted by Gasteiger charge is 2.41. The van der Waals surface area contributed by atoms with Crippen LogP contribution >= 0.6 is 15.9 Å². The highest BCUT2D eigenvalue weighted by molar-refractivity contribution is 9.10. The Morgan fingerprint density at radius 2 is 2.07 bits per heavy atom. The number of aliphatic hydroxyl groups is 1. The van der Waals surface area contributed by atoms with Gasteiger partial charge in [0.25, 0.3) is 5.76 Å². The van der Waals surface area contributed by atoms with Crippen molar-refractivity contribution in [2.24, 2.45) is 0 Å². The predicted octanol–water partition coefficient (Wildman–Crippen LogP) is 0.547. The summed E-state index contributed by atoms with van der Waals surface area (Å²) in [6.07, 6.45) is 3.06. The average molecular weight is 271 g/mol. The Morgan fingerprint density at radius 3 is 2.60 bits per heavy atom. The Morgan fingerprint density at radius 1 is 1.33 bits per heavy atom. The maximum absolute atomic E-state index is 11.2. The third-order valence-electron chi connectivity index (χ3n) is 1.82. The number of ether oxygens (including phenoxy) is 1. The number of esters is 2. The Kier molecular flexibility index (Phi) is 2.28. The summed E-state index contributed by atoms with van der Waals surface area (Å²) >= 11 is 3.20. The molecule has 1 N–H and O–H groups in total. The van der Waals surface area contributed by atoms with Gasteiger partial charge in [-0.05, 0) is 22.0 Å². The minimum absolute atomic E-state index is 0.179. The van der Waals surface area contributed by atoms with Crippen molar-refractivity contribution in [3.05, 3.63) is 34.8 Å². The van der Waals surface area contributed by atoms with Gasteiger partial charge in [-0.25, -0.2) is 9.59 Å². The molecule has 0 amide bonds. The first-order chi connectivity index (χ1) is 7.09. The number of hydrogen-bond acceptors (Lipinski definition) is 4. The van der Waals surface area contributed by atoms with Crippen LogP contribution < -0.4 is 4.57 Å². The van der Waals surface area contributed by atoms with Crippen molar-refractivity contribution in [3.63, 3.8) is 0 Å². The van der Waals surface area contributed by atoms with E-state index in [0.29, 0.717) is 4.47 Å². The average Bonchev–Trinajstić information content (AvgIpc) is 2.41. The fourth-order valence-corrected chi connectivity index (χ4v) is 1.56. The number of aromatic nitrogens is 1. The van der Waals surface area contributed by atoms with Gasteiger partial charge in [-0.1, -0.05) is 0 Å². The molecule has 0 aliphatic carbocycles. The number of carbonyl (C=O) groups excluding carboxylic acids is 2. The van der Waals surface area contributed by atoms with Crippen LogP contribution in [0.1, 0.15) is 0 Å². The number of cyclic esters (lactones) is 2. The third kappa shape index (κ3) is 1.63. The van der Waals surface area contributed by atoms with E-state index in [0.717, 1.165) is 0 Å². The molecular formula is C9H5BrNO4+. The largest absolute Gasteiger partial charge is 0.497 e. The van der Waals surface area contributed by atoms with Crippen LogP contribution in [0.3, 0.4) is 0 Å². The Hall–Kier alpha value is -1.69. The number of hydrogen-bond donors (Lipinski definition) is 1. The van der Waals surface area contributed by atoms with Gasteiger partial charge in [0.1, 0.15) is 0 Å². The van der Waals surface area contributed by atoms with E-state index in [9.17, 15) is 14.7 Å². The van der Waals surface area contributed by atoms with Gasteiger partial charge < -0.3 is 9.84 Å². The summed E-state index contributed by atoms with van der Waals surface area (Å²) in [6, 6.07) is 3.40. The summed E-state index contributed by atoms with van der Waals surface area (Å²) in [5, 5.41) is 9.32. The van der Waals surface area contributed by atoms with Gasteiger partial charge in [-0.2, -0.15) is 4.57 Å². The second-order valence-electron chi connectivity index (χ2n) is 2.80. The number of rotatable bonds is 1. The zero-order valence-corrected chi connectivity index (χ0v) is 8.89. The van der Waals surface area contributed by atoms with E-state index < -0.39 is 17.7 Å². The molecule has 0 saturated heterocycles. The molecule has 0 spiro atoms. The molecule has 1 aromatic rings. The highest BCUT2D eigenvalue weighted by atomic mass is 79.9. The molecule has 15 heavy (non-hydrogen) atoms. The van der Waals surface area contributed by atoms with Crippen molar-refractivity contribution in [3.8, 4) is 0 Å². The van der Waals surface area contributed by atoms with Gasteiger partial charge in [0.05, 0.1) is 4.47 Å². The molecule has 2 rings (SSSR count). The number of halogens is 1. The van der Waals surface area contributed by atoms with E-state index in [-0.39, 0.29) is 5.70 Å². The molecule has 2 heterocycles. The smallest absolute Gasteiger partial charge is 0.416 e. The molecule has 5 nitrogen and oxygen atoms in total. The normalized spacial score (nSPS) is 15.8. The van der Waals surface area contributed by atoms with Gasteiger partial charge in [-0.15, -0.1) is 0 Å². The van der Waals surface area contributed by atoms with E-state index in [4.69, 9.17) is 0 Å². The number of pyridine rings is 1. The Balaban J connectivity index is 2.56. The SMILES string of the molecule is O=C1OC(=O)C([n+]2cccc(Br)c2)=C1O. The van der Waals surface area contributed by atoms with Gasteiger partial charge in [0.15, 0.2) is 12.4 Å². The zero-order chi connectivity index (χ0) is 11.0. The van der Waals surface area contributed by atoms with Crippen molar-refractivity contribution in [2.75, 3.05) is 0 Å².